The molecule has 10 rings (SSSR count). The Bertz CT molecular complexity index is 2900. The van der Waals surface area contributed by atoms with Crippen molar-refractivity contribution in [3.8, 4) is 22.3 Å². The molecule has 3 heteroatoms. The van der Waals surface area contributed by atoms with Gasteiger partial charge in [0.25, 0.3) is 0 Å². The Morgan fingerprint density at radius 2 is 1.10 bits per heavy atom. The molecule has 1 aliphatic heterocycles. The third-order valence-corrected chi connectivity index (χ3v) is 10.1. The first kappa shape index (κ1) is 30.0. The molecule has 1 aromatic heterocycles. The van der Waals surface area contributed by atoms with Crippen molar-refractivity contribution in [3.05, 3.63) is 199 Å². The summed E-state index contributed by atoms with van der Waals surface area (Å²) < 4.78 is 6.56. The van der Waals surface area contributed by atoms with Gasteiger partial charge in [-0.15, -0.1) is 0 Å². The van der Waals surface area contributed by atoms with E-state index in [0.29, 0.717) is 12.3 Å². The van der Waals surface area contributed by atoms with Crippen LogP contribution in [0.15, 0.2) is 196 Å². The standard InChI is InChI=1S/C49H32N2O/c1-2-13-35(14-3-1)44-27-28-45(36-24-22-34(23-25-36)41-19-10-16-33-12-6-7-17-40(33)41)51-49(50-44)43-30-39(38-26-21-32-11-4-5-15-37(32)29-38)31-47-48(43)42-18-8-9-20-46(42)52-47/h1-26,28-31H,27H2. The number of fused-ring (bicyclic) bond motifs is 5. The second kappa shape index (κ2) is 12.5. The molecule has 3 nitrogen and oxygen atoms in total. The lowest BCUT2D eigenvalue weighted by Gasteiger charge is -2.11. The minimum atomic E-state index is 0.650. The van der Waals surface area contributed by atoms with Gasteiger partial charge in [0.1, 0.15) is 11.2 Å². The van der Waals surface area contributed by atoms with Crippen LogP contribution in [0.4, 0.5) is 0 Å². The second-order valence-corrected chi connectivity index (χ2v) is 13.3. The van der Waals surface area contributed by atoms with E-state index in [9.17, 15) is 0 Å². The molecule has 0 atom stereocenters. The Labute approximate surface area is 301 Å². The van der Waals surface area contributed by atoms with E-state index in [0.717, 1.165) is 61.2 Å². The molecule has 0 bridgehead atoms. The molecule has 0 unspecified atom stereocenters. The number of rotatable bonds is 5. The van der Waals surface area contributed by atoms with E-state index in [4.69, 9.17) is 14.4 Å². The molecule has 2 heterocycles. The van der Waals surface area contributed by atoms with Crippen LogP contribution in [0.2, 0.25) is 0 Å². The minimum absolute atomic E-state index is 0.650. The molecule has 244 valence electrons. The number of hydrogen-bond donors (Lipinski definition) is 0. The zero-order valence-electron chi connectivity index (χ0n) is 28.3. The molecule has 0 saturated carbocycles. The molecule has 8 aromatic carbocycles. The summed E-state index contributed by atoms with van der Waals surface area (Å²) in [5, 5.41) is 6.95. The fourth-order valence-electron chi connectivity index (χ4n) is 7.53. The predicted octanol–water partition coefficient (Wildman–Crippen LogP) is 12.9. The van der Waals surface area contributed by atoms with Crippen LogP contribution < -0.4 is 0 Å². The monoisotopic (exact) mass is 664 g/mol. The maximum atomic E-state index is 6.56. The normalized spacial score (nSPS) is 13.3. The van der Waals surface area contributed by atoms with E-state index in [2.05, 4.69) is 164 Å². The Morgan fingerprint density at radius 3 is 1.96 bits per heavy atom. The van der Waals surface area contributed by atoms with Gasteiger partial charge in [-0.1, -0.05) is 158 Å². The molecular weight excluding hydrogens is 633 g/mol. The molecule has 0 spiro atoms. The molecular formula is C49H32N2O. The fraction of sp³-hybridized carbons (Fsp3) is 0.0204. The molecule has 1 aliphatic rings. The van der Waals surface area contributed by atoms with E-state index in [1.807, 2.05) is 18.2 Å². The van der Waals surface area contributed by atoms with Crippen molar-refractivity contribution in [3.63, 3.8) is 0 Å². The van der Waals surface area contributed by atoms with E-state index >= 15 is 0 Å². The van der Waals surface area contributed by atoms with Gasteiger partial charge in [-0.3, -0.25) is 0 Å². The van der Waals surface area contributed by atoms with Crippen LogP contribution in [0.5, 0.6) is 0 Å². The van der Waals surface area contributed by atoms with Crippen molar-refractivity contribution in [2.45, 2.75) is 6.42 Å². The SMILES string of the molecule is C1=C(c2ccc(-c3cccc4ccccc34)cc2)N=C(c2cc(-c3ccc4ccccc4c3)cc3oc4ccccc4c23)N=C(c2ccccc2)C1. The van der Waals surface area contributed by atoms with Crippen LogP contribution in [0, 0.1) is 0 Å². The average Bonchev–Trinajstić information content (AvgIpc) is 3.44. The van der Waals surface area contributed by atoms with Gasteiger partial charge in [-0.2, -0.15) is 0 Å². The molecule has 0 radical (unpaired) electrons. The lowest BCUT2D eigenvalue weighted by atomic mass is 9.96. The minimum Gasteiger partial charge on any atom is -0.456 e. The van der Waals surface area contributed by atoms with Crippen LogP contribution in [-0.4, -0.2) is 11.5 Å². The average molecular weight is 665 g/mol. The maximum absolute atomic E-state index is 6.56. The summed E-state index contributed by atoms with van der Waals surface area (Å²) in [6.07, 6.45) is 2.86. The zero-order valence-corrected chi connectivity index (χ0v) is 28.3. The Hall–Kier alpha value is -6.84. The third kappa shape index (κ3) is 5.31. The first-order chi connectivity index (χ1) is 25.7. The van der Waals surface area contributed by atoms with Gasteiger partial charge in [0.2, 0.25) is 0 Å². The first-order valence-corrected chi connectivity index (χ1v) is 17.7. The van der Waals surface area contributed by atoms with Crippen LogP contribution in [0.1, 0.15) is 23.1 Å². The number of aliphatic imine (C=N–C) groups is 2. The van der Waals surface area contributed by atoms with Gasteiger partial charge >= 0.3 is 0 Å². The van der Waals surface area contributed by atoms with E-state index in [1.54, 1.807) is 0 Å². The Balaban J connectivity index is 1.16. The van der Waals surface area contributed by atoms with Gasteiger partial charge < -0.3 is 4.42 Å². The van der Waals surface area contributed by atoms with E-state index in [1.165, 1.54) is 32.7 Å². The van der Waals surface area contributed by atoms with Crippen LogP contribution in [0.25, 0.3) is 71.4 Å². The largest absolute Gasteiger partial charge is 0.456 e. The van der Waals surface area contributed by atoms with E-state index in [-0.39, 0.29) is 0 Å². The predicted molar refractivity (Wildman–Crippen MR) is 218 cm³/mol. The molecule has 0 amide bonds. The highest BCUT2D eigenvalue weighted by Gasteiger charge is 2.21. The smallest absolute Gasteiger partial charge is 0.160 e. The summed E-state index contributed by atoms with van der Waals surface area (Å²) >= 11 is 0. The molecule has 9 aromatic rings. The van der Waals surface area contributed by atoms with Crippen molar-refractivity contribution in [2.24, 2.45) is 9.98 Å². The quantitative estimate of drug-likeness (QED) is 0.180. The van der Waals surface area contributed by atoms with Crippen molar-refractivity contribution in [1.29, 1.82) is 0 Å². The highest BCUT2D eigenvalue weighted by Crippen LogP contribution is 2.38. The summed E-state index contributed by atoms with van der Waals surface area (Å²) in [6.45, 7) is 0. The molecule has 0 aliphatic carbocycles. The third-order valence-electron chi connectivity index (χ3n) is 10.1. The summed E-state index contributed by atoms with van der Waals surface area (Å²) in [4.78, 5) is 10.8. The second-order valence-electron chi connectivity index (χ2n) is 13.3. The Morgan fingerprint density at radius 1 is 0.404 bits per heavy atom. The topological polar surface area (TPSA) is 37.9 Å². The van der Waals surface area contributed by atoms with Gasteiger partial charge in [0, 0.05) is 22.8 Å². The lowest BCUT2D eigenvalue weighted by Crippen LogP contribution is -2.05. The number of para-hydroxylation sites is 1. The summed E-state index contributed by atoms with van der Waals surface area (Å²) in [7, 11) is 0. The highest BCUT2D eigenvalue weighted by molar-refractivity contribution is 6.23. The van der Waals surface area contributed by atoms with Crippen molar-refractivity contribution >= 4 is 60.7 Å². The maximum Gasteiger partial charge on any atom is 0.160 e. The van der Waals surface area contributed by atoms with Crippen molar-refractivity contribution < 1.29 is 4.42 Å². The number of nitrogens with zero attached hydrogens (tertiary/aromatic N) is 2. The number of furan rings is 1. The van der Waals surface area contributed by atoms with Crippen molar-refractivity contribution in [1.82, 2.24) is 0 Å². The van der Waals surface area contributed by atoms with Crippen LogP contribution in [0.3, 0.4) is 0 Å². The molecule has 0 N–H and O–H groups in total. The van der Waals surface area contributed by atoms with Crippen molar-refractivity contribution in [2.75, 3.05) is 0 Å². The van der Waals surface area contributed by atoms with Gasteiger partial charge in [0.15, 0.2) is 5.84 Å². The van der Waals surface area contributed by atoms with Crippen LogP contribution in [-0.2, 0) is 0 Å². The summed E-state index contributed by atoms with van der Waals surface area (Å²) in [5.41, 5.74) is 11.2. The number of hydrogen-bond acceptors (Lipinski definition) is 3. The summed E-state index contributed by atoms with van der Waals surface area (Å²) in [5.74, 6) is 0.667. The van der Waals surface area contributed by atoms with Gasteiger partial charge in [-0.25, -0.2) is 9.98 Å². The lowest BCUT2D eigenvalue weighted by molar-refractivity contribution is 0.669. The first-order valence-electron chi connectivity index (χ1n) is 17.7. The number of allylic oxidation sites excluding steroid dienone is 1. The molecule has 0 fully saturated rings. The number of amidine groups is 1. The van der Waals surface area contributed by atoms with E-state index < -0.39 is 0 Å². The fourth-order valence-corrected chi connectivity index (χ4v) is 7.53. The zero-order chi connectivity index (χ0) is 34.4. The Kier molecular flexibility index (Phi) is 7.21. The van der Waals surface area contributed by atoms with Crippen LogP contribution >= 0.6 is 0 Å². The summed E-state index contributed by atoms with van der Waals surface area (Å²) in [6, 6.07) is 62.0. The molecule has 52 heavy (non-hydrogen) atoms. The van der Waals surface area contributed by atoms with Gasteiger partial charge in [-0.05, 0) is 79.2 Å². The number of benzene rings is 8. The molecule has 0 saturated heterocycles. The highest BCUT2D eigenvalue weighted by atomic mass is 16.3. The van der Waals surface area contributed by atoms with Gasteiger partial charge in [0.05, 0.1) is 11.4 Å².